The summed E-state index contributed by atoms with van der Waals surface area (Å²) in [5.74, 6) is -0.101. The Morgan fingerprint density at radius 1 is 1.14 bits per heavy atom. The van der Waals surface area contributed by atoms with Gasteiger partial charge in [0.15, 0.2) is 9.84 Å². The molecule has 8 heteroatoms. The largest absolute Gasteiger partial charge is 0.338 e. The smallest absolute Gasteiger partial charge is 0.244 e. The van der Waals surface area contributed by atoms with Gasteiger partial charge in [-0.15, -0.1) is 0 Å². The summed E-state index contributed by atoms with van der Waals surface area (Å²) in [4.78, 5) is 17.4. The standard InChI is InChI=1S/C13H20N4O3S/c18-13(8-17-10-14-9-15-17)16-6-12(7-16)21(19,20)11-4-2-1-3-5-11/h9-12H,1-8H2. The van der Waals surface area contributed by atoms with Gasteiger partial charge in [0.05, 0.1) is 10.5 Å². The number of likely N-dealkylation sites (tertiary alicyclic amines) is 1. The number of carbonyl (C=O) groups excluding carboxylic acids is 1. The van der Waals surface area contributed by atoms with Crippen LogP contribution in [0.4, 0.5) is 0 Å². The zero-order chi connectivity index (χ0) is 14.9. The second-order valence-corrected chi connectivity index (χ2v) is 8.37. The molecule has 116 valence electrons. The van der Waals surface area contributed by atoms with Gasteiger partial charge in [-0.25, -0.2) is 18.1 Å². The molecule has 1 saturated carbocycles. The minimum absolute atomic E-state index is 0.101. The normalized spacial score (nSPS) is 21.2. The summed E-state index contributed by atoms with van der Waals surface area (Å²) in [6.07, 6.45) is 7.57. The van der Waals surface area contributed by atoms with Crippen LogP contribution in [0.15, 0.2) is 12.7 Å². The van der Waals surface area contributed by atoms with Gasteiger partial charge in [-0.2, -0.15) is 5.10 Å². The minimum atomic E-state index is -3.08. The fraction of sp³-hybridized carbons (Fsp3) is 0.769. The van der Waals surface area contributed by atoms with E-state index in [-0.39, 0.29) is 23.0 Å². The predicted octanol–water partition coefficient (Wildman–Crippen LogP) is 0.236. The van der Waals surface area contributed by atoms with Crippen molar-refractivity contribution in [2.45, 2.75) is 49.1 Å². The third-order valence-electron chi connectivity index (χ3n) is 4.45. The quantitative estimate of drug-likeness (QED) is 0.795. The van der Waals surface area contributed by atoms with E-state index >= 15 is 0 Å². The topological polar surface area (TPSA) is 85.2 Å². The van der Waals surface area contributed by atoms with Gasteiger partial charge in [-0.3, -0.25) is 4.79 Å². The van der Waals surface area contributed by atoms with Crippen LogP contribution in [0, 0.1) is 0 Å². The molecule has 0 N–H and O–H groups in total. The lowest BCUT2D eigenvalue weighted by Gasteiger charge is -2.40. The van der Waals surface area contributed by atoms with Crippen molar-refractivity contribution in [1.29, 1.82) is 0 Å². The molecule has 2 heterocycles. The Bertz CT molecular complexity index is 587. The number of rotatable bonds is 4. The van der Waals surface area contributed by atoms with Gasteiger partial charge in [0.2, 0.25) is 5.91 Å². The molecule has 0 spiro atoms. The van der Waals surface area contributed by atoms with Crippen molar-refractivity contribution in [3.05, 3.63) is 12.7 Å². The maximum atomic E-state index is 12.5. The zero-order valence-corrected chi connectivity index (χ0v) is 12.7. The highest BCUT2D eigenvalue weighted by Crippen LogP contribution is 2.29. The highest BCUT2D eigenvalue weighted by Gasteiger charge is 2.43. The van der Waals surface area contributed by atoms with Crippen molar-refractivity contribution in [1.82, 2.24) is 19.7 Å². The van der Waals surface area contributed by atoms with Crippen LogP contribution < -0.4 is 0 Å². The van der Waals surface area contributed by atoms with Crippen molar-refractivity contribution >= 4 is 15.7 Å². The van der Waals surface area contributed by atoms with Crippen LogP contribution in [0.2, 0.25) is 0 Å². The molecule has 1 aromatic rings. The van der Waals surface area contributed by atoms with Crippen LogP contribution in [0.3, 0.4) is 0 Å². The average Bonchev–Trinajstić information content (AvgIpc) is 2.90. The predicted molar refractivity (Wildman–Crippen MR) is 76.2 cm³/mol. The van der Waals surface area contributed by atoms with E-state index in [0.717, 1.165) is 32.1 Å². The first kappa shape index (κ1) is 14.5. The lowest BCUT2D eigenvalue weighted by molar-refractivity contribution is -0.135. The fourth-order valence-electron chi connectivity index (χ4n) is 3.07. The van der Waals surface area contributed by atoms with Gasteiger partial charge < -0.3 is 4.90 Å². The number of hydrogen-bond donors (Lipinski definition) is 0. The summed E-state index contributed by atoms with van der Waals surface area (Å²) in [7, 11) is -3.08. The first-order valence-electron chi connectivity index (χ1n) is 7.40. The third kappa shape index (κ3) is 2.95. The molecule has 1 aromatic heterocycles. The Morgan fingerprint density at radius 2 is 1.86 bits per heavy atom. The van der Waals surface area contributed by atoms with E-state index in [1.807, 2.05) is 0 Å². The van der Waals surface area contributed by atoms with Crippen LogP contribution in [-0.4, -0.2) is 57.6 Å². The number of amides is 1. The van der Waals surface area contributed by atoms with E-state index < -0.39 is 9.84 Å². The summed E-state index contributed by atoms with van der Waals surface area (Å²) in [5.41, 5.74) is 0. The Morgan fingerprint density at radius 3 is 2.48 bits per heavy atom. The van der Waals surface area contributed by atoms with Crippen molar-refractivity contribution in [2.75, 3.05) is 13.1 Å². The van der Waals surface area contributed by atoms with Gasteiger partial charge in [0.25, 0.3) is 0 Å². The fourth-order valence-corrected chi connectivity index (χ4v) is 5.38. The molecule has 21 heavy (non-hydrogen) atoms. The lowest BCUT2D eigenvalue weighted by atomic mass is 10.0. The molecule has 0 radical (unpaired) electrons. The Hall–Kier alpha value is -1.44. The van der Waals surface area contributed by atoms with Gasteiger partial charge in [-0.05, 0) is 12.8 Å². The third-order valence-corrected chi connectivity index (χ3v) is 7.07. The molecule has 1 aliphatic heterocycles. The Labute approximate surface area is 124 Å². The monoisotopic (exact) mass is 312 g/mol. The summed E-state index contributed by atoms with van der Waals surface area (Å²) >= 11 is 0. The number of hydrogen-bond acceptors (Lipinski definition) is 5. The van der Waals surface area contributed by atoms with E-state index in [0.29, 0.717) is 13.1 Å². The maximum Gasteiger partial charge on any atom is 0.244 e. The van der Waals surface area contributed by atoms with Crippen molar-refractivity contribution in [2.24, 2.45) is 0 Å². The molecule has 7 nitrogen and oxygen atoms in total. The molecule has 1 amide bonds. The molecule has 2 aliphatic rings. The van der Waals surface area contributed by atoms with E-state index in [4.69, 9.17) is 0 Å². The molecule has 0 unspecified atom stereocenters. The second kappa shape index (κ2) is 5.75. The van der Waals surface area contributed by atoms with Gasteiger partial charge >= 0.3 is 0 Å². The minimum Gasteiger partial charge on any atom is -0.338 e. The molecular formula is C13H20N4O3S. The zero-order valence-electron chi connectivity index (χ0n) is 11.9. The number of aromatic nitrogens is 3. The van der Waals surface area contributed by atoms with Gasteiger partial charge in [0.1, 0.15) is 19.2 Å². The lowest BCUT2D eigenvalue weighted by Crippen LogP contribution is -2.59. The number of carbonyl (C=O) groups is 1. The molecule has 0 atom stereocenters. The summed E-state index contributed by atoms with van der Waals surface area (Å²) < 4.78 is 26.4. The van der Waals surface area contributed by atoms with Gasteiger partial charge in [0, 0.05) is 13.1 Å². The molecular weight excluding hydrogens is 292 g/mol. The maximum absolute atomic E-state index is 12.5. The molecule has 2 fully saturated rings. The van der Waals surface area contributed by atoms with E-state index in [9.17, 15) is 13.2 Å². The molecule has 1 saturated heterocycles. The van der Waals surface area contributed by atoms with E-state index in [1.54, 1.807) is 4.90 Å². The van der Waals surface area contributed by atoms with Crippen molar-refractivity contribution in [3.8, 4) is 0 Å². The van der Waals surface area contributed by atoms with E-state index in [1.165, 1.54) is 17.3 Å². The number of nitrogens with zero attached hydrogens (tertiary/aromatic N) is 4. The van der Waals surface area contributed by atoms with E-state index in [2.05, 4.69) is 10.1 Å². The first-order chi connectivity index (χ1) is 10.1. The summed E-state index contributed by atoms with van der Waals surface area (Å²) in [6.45, 7) is 0.773. The summed E-state index contributed by atoms with van der Waals surface area (Å²) in [5, 5.41) is 3.31. The highest BCUT2D eigenvalue weighted by molar-refractivity contribution is 7.92. The van der Waals surface area contributed by atoms with Gasteiger partial charge in [-0.1, -0.05) is 19.3 Å². The first-order valence-corrected chi connectivity index (χ1v) is 9.01. The average molecular weight is 312 g/mol. The molecule has 0 aromatic carbocycles. The molecule has 1 aliphatic carbocycles. The molecule has 3 rings (SSSR count). The van der Waals surface area contributed by atoms with Crippen LogP contribution in [0.5, 0.6) is 0 Å². The van der Waals surface area contributed by atoms with Crippen molar-refractivity contribution in [3.63, 3.8) is 0 Å². The summed E-state index contributed by atoms with van der Waals surface area (Å²) in [6, 6.07) is 0. The Kier molecular flexibility index (Phi) is 3.97. The molecule has 0 bridgehead atoms. The SMILES string of the molecule is O=C(Cn1cncn1)N1CC(S(=O)(=O)C2CCCCC2)C1. The second-order valence-electron chi connectivity index (χ2n) is 5.86. The Balaban J connectivity index is 1.53. The van der Waals surface area contributed by atoms with Crippen molar-refractivity contribution < 1.29 is 13.2 Å². The highest BCUT2D eigenvalue weighted by atomic mass is 32.2. The van der Waals surface area contributed by atoms with Crippen LogP contribution in [-0.2, 0) is 21.2 Å². The number of sulfone groups is 1. The van der Waals surface area contributed by atoms with Crippen LogP contribution in [0.1, 0.15) is 32.1 Å². The van der Waals surface area contributed by atoms with Crippen LogP contribution >= 0.6 is 0 Å². The van der Waals surface area contributed by atoms with Crippen LogP contribution in [0.25, 0.3) is 0 Å².